The Balaban J connectivity index is 1.27. The number of rotatable bonds is 4. The molecule has 6 aromatic carbocycles. The summed E-state index contributed by atoms with van der Waals surface area (Å²) in [5, 5.41) is 2.53. The lowest BCUT2D eigenvalue weighted by atomic mass is 9.91. The van der Waals surface area contributed by atoms with Gasteiger partial charge in [0.2, 0.25) is 0 Å². The summed E-state index contributed by atoms with van der Waals surface area (Å²) in [6.07, 6.45) is 4.28. The third-order valence-electron chi connectivity index (χ3n) is 9.18. The van der Waals surface area contributed by atoms with E-state index >= 15 is 0 Å². The van der Waals surface area contributed by atoms with Crippen LogP contribution in [0.4, 0.5) is 11.4 Å². The van der Waals surface area contributed by atoms with Crippen LogP contribution in [0.3, 0.4) is 0 Å². The van der Waals surface area contributed by atoms with Crippen molar-refractivity contribution in [3.05, 3.63) is 163 Å². The van der Waals surface area contributed by atoms with E-state index in [-0.39, 0.29) is 12.0 Å². The first-order valence-electron chi connectivity index (χ1n) is 15.2. The predicted molar refractivity (Wildman–Crippen MR) is 184 cm³/mol. The fraction of sp³-hybridized carbons (Fsp3) is 0.0476. The van der Waals surface area contributed by atoms with Gasteiger partial charge in [0, 0.05) is 33.3 Å². The average molecular weight is 561 g/mol. The van der Waals surface area contributed by atoms with Gasteiger partial charge in [-0.25, -0.2) is 0 Å². The minimum atomic E-state index is 0.159. The van der Waals surface area contributed by atoms with Crippen molar-refractivity contribution >= 4 is 33.2 Å². The molecule has 7 aromatic rings. The minimum Gasteiger partial charge on any atom is -0.332 e. The Hall–Kier alpha value is -5.78. The zero-order chi connectivity index (χ0) is 29.0. The van der Waals surface area contributed by atoms with E-state index in [1.165, 1.54) is 66.7 Å². The van der Waals surface area contributed by atoms with Crippen LogP contribution in [0, 0.1) is 11.8 Å². The second-order valence-electron chi connectivity index (χ2n) is 11.5. The summed E-state index contributed by atoms with van der Waals surface area (Å²) in [4.78, 5) is 2.50. The van der Waals surface area contributed by atoms with Crippen molar-refractivity contribution < 1.29 is 0 Å². The highest BCUT2D eigenvalue weighted by molar-refractivity contribution is 6.10. The third-order valence-corrected chi connectivity index (χ3v) is 9.18. The number of hydrogen-bond donors (Lipinski definition) is 0. The third kappa shape index (κ3) is 3.63. The van der Waals surface area contributed by atoms with E-state index < -0.39 is 0 Å². The summed E-state index contributed by atoms with van der Waals surface area (Å²) in [5.74, 6) is 6.90. The topological polar surface area (TPSA) is 8.17 Å². The quantitative estimate of drug-likeness (QED) is 0.194. The largest absolute Gasteiger partial charge is 0.332 e. The van der Waals surface area contributed by atoms with Crippen LogP contribution in [0.15, 0.2) is 158 Å². The highest BCUT2D eigenvalue weighted by Crippen LogP contribution is 2.50. The molecule has 0 saturated heterocycles. The molecule has 1 aliphatic heterocycles. The highest BCUT2D eigenvalue weighted by atomic mass is 15.2. The maximum absolute atomic E-state index is 3.50. The summed E-state index contributed by atoms with van der Waals surface area (Å²) < 4.78 is 2.43. The van der Waals surface area contributed by atoms with E-state index in [2.05, 4.69) is 173 Å². The molecule has 0 radical (unpaired) electrons. The monoisotopic (exact) mass is 560 g/mol. The van der Waals surface area contributed by atoms with Gasteiger partial charge in [0.25, 0.3) is 0 Å². The molecule has 0 N–H and O–H groups in total. The van der Waals surface area contributed by atoms with Gasteiger partial charge >= 0.3 is 0 Å². The van der Waals surface area contributed by atoms with Crippen molar-refractivity contribution in [1.29, 1.82) is 0 Å². The summed E-state index contributed by atoms with van der Waals surface area (Å²) in [6, 6.07) is 52.9. The fourth-order valence-corrected chi connectivity index (χ4v) is 7.34. The lowest BCUT2D eigenvalue weighted by Gasteiger charge is -2.30. The first kappa shape index (κ1) is 24.8. The summed E-state index contributed by atoms with van der Waals surface area (Å²) in [5.41, 5.74) is 12.2. The Labute approximate surface area is 257 Å². The van der Waals surface area contributed by atoms with Gasteiger partial charge in [0.15, 0.2) is 0 Å². The number of fused-ring (bicyclic) bond motifs is 6. The summed E-state index contributed by atoms with van der Waals surface area (Å²) >= 11 is 0. The number of nitrogens with zero attached hydrogens (tertiary/aromatic N) is 2. The molecule has 2 heterocycles. The van der Waals surface area contributed by atoms with Gasteiger partial charge in [-0.2, -0.15) is 0 Å². The Bertz CT molecular complexity index is 2270. The number of hydrogen-bond acceptors (Lipinski definition) is 1. The van der Waals surface area contributed by atoms with Crippen molar-refractivity contribution in [2.45, 2.75) is 12.0 Å². The van der Waals surface area contributed by atoms with E-state index in [1.807, 2.05) is 6.08 Å². The van der Waals surface area contributed by atoms with Crippen molar-refractivity contribution in [2.75, 3.05) is 4.90 Å². The van der Waals surface area contributed by atoms with Crippen molar-refractivity contribution in [1.82, 2.24) is 4.57 Å². The number of anilines is 2. The van der Waals surface area contributed by atoms with Crippen LogP contribution in [0.25, 0.3) is 49.7 Å². The van der Waals surface area contributed by atoms with Crippen LogP contribution in [0.1, 0.15) is 11.5 Å². The normalized spacial score (nSPS) is 16.5. The molecule has 0 bridgehead atoms. The predicted octanol–water partition coefficient (Wildman–Crippen LogP) is 10.3. The zero-order valence-electron chi connectivity index (χ0n) is 24.1. The van der Waals surface area contributed by atoms with Crippen molar-refractivity contribution in [3.63, 3.8) is 0 Å². The molecule has 1 aromatic heterocycles. The van der Waals surface area contributed by atoms with E-state index in [4.69, 9.17) is 0 Å². The van der Waals surface area contributed by atoms with E-state index in [0.29, 0.717) is 0 Å². The Morgan fingerprint density at radius 1 is 0.455 bits per heavy atom. The van der Waals surface area contributed by atoms with Gasteiger partial charge in [-0.3, -0.25) is 0 Å². The Morgan fingerprint density at radius 3 is 1.64 bits per heavy atom. The molecule has 0 saturated carbocycles. The van der Waals surface area contributed by atoms with Crippen molar-refractivity contribution in [3.8, 4) is 39.8 Å². The first-order chi connectivity index (χ1) is 21.9. The van der Waals surface area contributed by atoms with Gasteiger partial charge in [-0.1, -0.05) is 133 Å². The molecule has 1 aliphatic carbocycles. The van der Waals surface area contributed by atoms with E-state index in [1.54, 1.807) is 0 Å². The maximum Gasteiger partial charge on any atom is 0.0719 e. The van der Waals surface area contributed by atoms with Crippen LogP contribution in [-0.4, -0.2) is 10.6 Å². The van der Waals surface area contributed by atoms with Gasteiger partial charge in [-0.15, -0.1) is 0 Å². The zero-order valence-corrected chi connectivity index (χ0v) is 24.1. The summed E-state index contributed by atoms with van der Waals surface area (Å²) in [7, 11) is 0. The molecule has 206 valence electrons. The molecule has 2 aliphatic rings. The molecular formula is C42H28N2. The van der Waals surface area contributed by atoms with Gasteiger partial charge in [-0.05, 0) is 53.1 Å². The lowest BCUT2D eigenvalue weighted by molar-refractivity contribution is 0.766. The Kier molecular flexibility index (Phi) is 5.58. The minimum absolute atomic E-state index is 0.159. The van der Waals surface area contributed by atoms with Crippen LogP contribution >= 0.6 is 0 Å². The molecule has 2 atom stereocenters. The Morgan fingerprint density at radius 2 is 0.955 bits per heavy atom. The van der Waals surface area contributed by atoms with Crippen molar-refractivity contribution in [2.24, 2.45) is 0 Å². The smallest absolute Gasteiger partial charge is 0.0719 e. The second kappa shape index (κ2) is 9.90. The van der Waals surface area contributed by atoms with E-state index in [0.717, 1.165) is 0 Å². The average Bonchev–Trinajstić information content (AvgIpc) is 3.61. The lowest BCUT2D eigenvalue weighted by Crippen LogP contribution is -2.29. The van der Waals surface area contributed by atoms with Crippen LogP contribution in [0.5, 0.6) is 0 Å². The molecule has 0 amide bonds. The van der Waals surface area contributed by atoms with Crippen LogP contribution in [-0.2, 0) is 0 Å². The highest BCUT2D eigenvalue weighted by Gasteiger charge is 2.38. The van der Waals surface area contributed by atoms with Gasteiger partial charge < -0.3 is 9.47 Å². The maximum atomic E-state index is 3.50. The molecule has 9 rings (SSSR count). The number of benzene rings is 6. The first-order valence-corrected chi connectivity index (χ1v) is 15.2. The molecule has 2 heteroatoms. The van der Waals surface area contributed by atoms with Gasteiger partial charge in [0.05, 0.1) is 28.7 Å². The van der Waals surface area contributed by atoms with Gasteiger partial charge in [0.1, 0.15) is 0 Å². The fourth-order valence-electron chi connectivity index (χ4n) is 7.34. The number of para-hydroxylation sites is 5. The molecular weight excluding hydrogens is 532 g/mol. The summed E-state index contributed by atoms with van der Waals surface area (Å²) in [6.45, 7) is 0. The number of allylic oxidation sites excluding steroid dienone is 1. The molecule has 2 nitrogen and oxygen atoms in total. The number of aromatic nitrogens is 1. The molecule has 0 spiro atoms. The second-order valence-corrected chi connectivity index (χ2v) is 11.5. The molecule has 1 unspecified atom stereocenters. The van der Waals surface area contributed by atoms with Crippen LogP contribution < -0.4 is 4.90 Å². The van der Waals surface area contributed by atoms with Crippen LogP contribution in [0.2, 0.25) is 0 Å². The molecule has 44 heavy (non-hydrogen) atoms. The SMILES string of the molecule is C1#CC2c3ccccc3N(c3ccccc3-c3ccccc3-c3ccccc3-n3c4ccccc4c4ccccc43)[C@H]2C=C1. The molecule has 0 fully saturated rings. The van der Waals surface area contributed by atoms with E-state index in [9.17, 15) is 0 Å². The standard InChI is InChI=1S/C42H28N2/c1-2-16-30(32-18-4-10-24-38(32)44-41-27-13-7-21-35(41)36-22-8-14-28-42(36)44)29(15-1)31-17-3-9-23-37(31)43-39-25-11-5-19-33(39)34-20-6-12-26-40(34)43/h1-7,9-21,23-28,36,42H/t36?,42-/m0/s1.